The van der Waals surface area contributed by atoms with Crippen molar-refractivity contribution < 1.29 is 14.3 Å². The molecule has 4 rings (SSSR count). The fraction of sp³-hybridized carbons (Fsp3) is 0.280. The number of carbonyl (C=O) groups excluding carboxylic acids is 1. The quantitative estimate of drug-likeness (QED) is 0.312. The number of aromatic nitrogens is 4. The zero-order valence-electron chi connectivity index (χ0n) is 20.0. The van der Waals surface area contributed by atoms with Crippen LogP contribution in [0.25, 0.3) is 22.3 Å². The van der Waals surface area contributed by atoms with Gasteiger partial charge in [-0.25, -0.2) is 9.97 Å². The first kappa shape index (κ1) is 24.3. The summed E-state index contributed by atoms with van der Waals surface area (Å²) in [5.41, 5.74) is 1.78. The van der Waals surface area contributed by atoms with Crippen LogP contribution in [0, 0.1) is 0 Å². The number of carbonyl (C=O) groups is 1. The molecular formula is C25H27ClN6O3. The number of ether oxygens (including phenoxy) is 2. The Hall–Kier alpha value is -3.85. The van der Waals surface area contributed by atoms with Crippen LogP contribution in [0.5, 0.6) is 11.5 Å². The van der Waals surface area contributed by atoms with Crippen molar-refractivity contribution in [1.29, 1.82) is 0 Å². The molecule has 0 unspecified atom stereocenters. The smallest absolute Gasteiger partial charge is 0.258 e. The lowest BCUT2D eigenvalue weighted by molar-refractivity contribution is -0.124. The van der Waals surface area contributed by atoms with Gasteiger partial charge in [0, 0.05) is 22.7 Å². The van der Waals surface area contributed by atoms with Crippen molar-refractivity contribution in [3.63, 3.8) is 0 Å². The Labute approximate surface area is 208 Å². The van der Waals surface area contributed by atoms with E-state index < -0.39 is 0 Å². The van der Waals surface area contributed by atoms with Gasteiger partial charge in [-0.15, -0.1) is 0 Å². The molecular weight excluding hydrogens is 468 g/mol. The normalized spacial score (nSPS) is 11.3. The maximum absolute atomic E-state index is 12.1. The van der Waals surface area contributed by atoms with Crippen molar-refractivity contribution >= 4 is 39.9 Å². The van der Waals surface area contributed by atoms with E-state index in [1.165, 1.54) is 0 Å². The summed E-state index contributed by atoms with van der Waals surface area (Å²) in [7, 11) is 0. The largest absolute Gasteiger partial charge is 0.492 e. The highest BCUT2D eigenvalue weighted by Gasteiger charge is 2.16. The molecule has 2 aromatic heterocycles. The molecule has 0 atom stereocenters. The summed E-state index contributed by atoms with van der Waals surface area (Å²) in [6.45, 7) is 8.04. The van der Waals surface area contributed by atoms with Gasteiger partial charge in [0.2, 0.25) is 0 Å². The van der Waals surface area contributed by atoms with Crippen LogP contribution in [0.4, 0.5) is 11.5 Å². The molecule has 1 amide bonds. The monoisotopic (exact) mass is 494 g/mol. The van der Waals surface area contributed by atoms with E-state index >= 15 is 0 Å². The van der Waals surface area contributed by atoms with Crippen LogP contribution in [0.3, 0.4) is 0 Å². The minimum atomic E-state index is -0.330. The van der Waals surface area contributed by atoms with Crippen molar-refractivity contribution in [2.75, 3.05) is 18.5 Å². The molecule has 35 heavy (non-hydrogen) atoms. The maximum Gasteiger partial charge on any atom is 0.258 e. The average molecular weight is 495 g/mol. The Morgan fingerprint density at radius 2 is 1.97 bits per heavy atom. The van der Waals surface area contributed by atoms with Crippen molar-refractivity contribution in [2.24, 2.45) is 0 Å². The van der Waals surface area contributed by atoms with Crippen molar-refractivity contribution in [3.05, 3.63) is 53.8 Å². The van der Waals surface area contributed by atoms with Gasteiger partial charge in [-0.1, -0.05) is 23.7 Å². The zero-order chi connectivity index (χ0) is 25.0. The van der Waals surface area contributed by atoms with E-state index in [-0.39, 0.29) is 18.1 Å². The third-order valence-electron chi connectivity index (χ3n) is 4.79. The molecule has 0 aliphatic carbocycles. The molecule has 182 valence electrons. The minimum absolute atomic E-state index is 0.0948. The van der Waals surface area contributed by atoms with E-state index in [4.69, 9.17) is 31.0 Å². The second kappa shape index (κ2) is 10.2. The van der Waals surface area contributed by atoms with E-state index in [9.17, 15) is 4.79 Å². The maximum atomic E-state index is 12.1. The second-order valence-corrected chi connectivity index (χ2v) is 9.26. The van der Waals surface area contributed by atoms with E-state index in [1.807, 2.05) is 45.9 Å². The summed E-state index contributed by atoms with van der Waals surface area (Å²) in [5.74, 6) is 1.92. The predicted octanol–water partition coefficient (Wildman–Crippen LogP) is 5.11. The van der Waals surface area contributed by atoms with E-state index in [0.29, 0.717) is 40.3 Å². The highest BCUT2D eigenvalue weighted by atomic mass is 35.5. The van der Waals surface area contributed by atoms with Crippen LogP contribution >= 0.6 is 11.6 Å². The van der Waals surface area contributed by atoms with Gasteiger partial charge in [0.05, 0.1) is 29.0 Å². The summed E-state index contributed by atoms with van der Waals surface area (Å²) in [6.07, 6.45) is 3.38. The highest BCUT2D eigenvalue weighted by molar-refractivity contribution is 6.33. The standard InChI is InChI=1S/C25H27ClN6O3/c1-5-34-21-10-18-20(11-19(21)26)30-23(31-24(18)29-16-12-27-28-13-16)15-7-6-8-17(9-15)35-14-22(33)32-25(2,3)4/h6-13H,5,14H2,1-4H3,(H,27,28)(H,32,33)(H,29,30,31). The van der Waals surface area contributed by atoms with E-state index in [2.05, 4.69) is 20.8 Å². The Balaban J connectivity index is 1.69. The van der Waals surface area contributed by atoms with Gasteiger partial charge in [-0.2, -0.15) is 5.10 Å². The van der Waals surface area contributed by atoms with Gasteiger partial charge in [0.1, 0.15) is 17.3 Å². The molecule has 0 fully saturated rings. The number of hydrogen-bond donors (Lipinski definition) is 3. The number of H-pyrrole nitrogens is 1. The van der Waals surface area contributed by atoms with Gasteiger partial charge in [-0.05, 0) is 52.0 Å². The van der Waals surface area contributed by atoms with Gasteiger partial charge in [0.15, 0.2) is 12.4 Å². The number of amides is 1. The zero-order valence-corrected chi connectivity index (χ0v) is 20.7. The van der Waals surface area contributed by atoms with Gasteiger partial charge in [0.25, 0.3) is 5.91 Å². The molecule has 2 aromatic carbocycles. The number of nitrogens with one attached hydrogen (secondary N) is 3. The number of halogens is 1. The first-order chi connectivity index (χ1) is 16.7. The molecule has 3 N–H and O–H groups in total. The molecule has 0 saturated carbocycles. The topological polar surface area (TPSA) is 114 Å². The third-order valence-corrected chi connectivity index (χ3v) is 5.08. The number of rotatable bonds is 8. The molecule has 0 bridgehead atoms. The lowest BCUT2D eigenvalue weighted by Crippen LogP contribution is -2.43. The summed E-state index contributed by atoms with van der Waals surface area (Å²) in [5, 5.41) is 14.1. The number of hydrogen-bond acceptors (Lipinski definition) is 7. The number of aromatic amines is 1. The van der Waals surface area contributed by atoms with Crippen LogP contribution < -0.4 is 20.1 Å². The number of benzene rings is 2. The van der Waals surface area contributed by atoms with Gasteiger partial charge in [-0.3, -0.25) is 9.89 Å². The average Bonchev–Trinajstić information content (AvgIpc) is 3.31. The van der Waals surface area contributed by atoms with Crippen LogP contribution in [0.15, 0.2) is 48.8 Å². The number of anilines is 2. The lowest BCUT2D eigenvalue weighted by Gasteiger charge is -2.20. The number of nitrogens with zero attached hydrogens (tertiary/aromatic N) is 3. The molecule has 0 radical (unpaired) electrons. The van der Waals surface area contributed by atoms with Crippen LogP contribution in [-0.4, -0.2) is 44.8 Å². The first-order valence-corrected chi connectivity index (χ1v) is 11.5. The van der Waals surface area contributed by atoms with Crippen LogP contribution in [0.1, 0.15) is 27.7 Å². The Kier molecular flexibility index (Phi) is 7.07. The Morgan fingerprint density at radius 1 is 1.14 bits per heavy atom. The van der Waals surface area contributed by atoms with E-state index in [1.54, 1.807) is 30.6 Å². The second-order valence-electron chi connectivity index (χ2n) is 8.86. The van der Waals surface area contributed by atoms with Crippen molar-refractivity contribution in [2.45, 2.75) is 33.2 Å². The summed E-state index contributed by atoms with van der Waals surface area (Å²) < 4.78 is 11.4. The molecule has 0 spiro atoms. The van der Waals surface area contributed by atoms with Crippen molar-refractivity contribution in [1.82, 2.24) is 25.5 Å². The molecule has 0 saturated heterocycles. The summed E-state index contributed by atoms with van der Waals surface area (Å²) in [4.78, 5) is 21.6. The van der Waals surface area contributed by atoms with Crippen LogP contribution in [-0.2, 0) is 4.79 Å². The Morgan fingerprint density at radius 3 is 2.69 bits per heavy atom. The molecule has 4 aromatic rings. The van der Waals surface area contributed by atoms with Gasteiger partial charge < -0.3 is 20.1 Å². The summed E-state index contributed by atoms with van der Waals surface area (Å²) in [6, 6.07) is 10.9. The Bertz CT molecular complexity index is 1340. The molecule has 9 nitrogen and oxygen atoms in total. The lowest BCUT2D eigenvalue weighted by atomic mass is 10.1. The van der Waals surface area contributed by atoms with Gasteiger partial charge >= 0.3 is 0 Å². The molecule has 0 aliphatic heterocycles. The molecule has 2 heterocycles. The summed E-state index contributed by atoms with van der Waals surface area (Å²) >= 11 is 6.44. The molecule has 10 heteroatoms. The fourth-order valence-electron chi connectivity index (χ4n) is 3.40. The number of fused-ring (bicyclic) bond motifs is 1. The fourth-order valence-corrected chi connectivity index (χ4v) is 3.62. The predicted molar refractivity (Wildman–Crippen MR) is 136 cm³/mol. The third kappa shape index (κ3) is 6.19. The SMILES string of the molecule is CCOc1cc2c(Nc3cn[nH]c3)nc(-c3cccc(OCC(=O)NC(C)(C)C)c3)nc2cc1Cl. The van der Waals surface area contributed by atoms with E-state index in [0.717, 1.165) is 16.6 Å². The van der Waals surface area contributed by atoms with Crippen LogP contribution in [0.2, 0.25) is 5.02 Å². The molecule has 0 aliphatic rings. The van der Waals surface area contributed by atoms with Crippen molar-refractivity contribution in [3.8, 4) is 22.9 Å². The highest BCUT2D eigenvalue weighted by Crippen LogP contribution is 2.35. The first-order valence-electron chi connectivity index (χ1n) is 11.2. The minimum Gasteiger partial charge on any atom is -0.492 e.